The summed E-state index contributed by atoms with van der Waals surface area (Å²) in [5, 5.41) is 4.08. The third-order valence-electron chi connectivity index (χ3n) is 5.42. The zero-order chi connectivity index (χ0) is 22.0. The van der Waals surface area contributed by atoms with Crippen LogP contribution in [0, 0.1) is 12.8 Å². The van der Waals surface area contributed by atoms with Crippen molar-refractivity contribution in [3.8, 4) is 11.4 Å². The molecular formula is C22H21F3N4O2. The first kappa shape index (κ1) is 21.0. The summed E-state index contributed by atoms with van der Waals surface area (Å²) in [6.07, 6.45) is -1.31. The Bertz CT molecular complexity index is 1060. The average molecular weight is 430 g/mol. The summed E-state index contributed by atoms with van der Waals surface area (Å²) in [6, 6.07) is 9.78. The number of hydrogen-bond acceptors (Lipinski definition) is 5. The predicted molar refractivity (Wildman–Crippen MR) is 106 cm³/mol. The summed E-state index contributed by atoms with van der Waals surface area (Å²) >= 11 is 0. The topological polar surface area (TPSA) is 72.1 Å². The largest absolute Gasteiger partial charge is 0.433 e. The molecule has 4 rings (SSSR count). The molecule has 9 heteroatoms. The molecule has 0 saturated carbocycles. The van der Waals surface area contributed by atoms with E-state index in [0.717, 1.165) is 36.2 Å². The van der Waals surface area contributed by atoms with Crippen molar-refractivity contribution < 1.29 is 22.5 Å². The van der Waals surface area contributed by atoms with Crippen LogP contribution in [0.4, 0.5) is 13.2 Å². The van der Waals surface area contributed by atoms with Gasteiger partial charge in [0.05, 0.1) is 5.56 Å². The minimum atomic E-state index is -4.53. The van der Waals surface area contributed by atoms with Crippen LogP contribution < -0.4 is 0 Å². The molecule has 6 nitrogen and oxygen atoms in total. The fraction of sp³-hybridized carbons (Fsp3) is 0.364. The number of aryl methyl sites for hydroxylation is 1. The lowest BCUT2D eigenvalue weighted by atomic mass is 9.94. The van der Waals surface area contributed by atoms with Gasteiger partial charge in [0.15, 0.2) is 0 Å². The van der Waals surface area contributed by atoms with Crippen LogP contribution in [0.2, 0.25) is 0 Å². The number of carbonyl (C=O) groups is 1. The lowest BCUT2D eigenvalue weighted by molar-refractivity contribution is -0.141. The maximum atomic E-state index is 12.7. The Labute approximate surface area is 177 Å². The van der Waals surface area contributed by atoms with Crippen molar-refractivity contribution in [1.82, 2.24) is 20.0 Å². The summed E-state index contributed by atoms with van der Waals surface area (Å²) in [4.78, 5) is 22.3. The second-order valence-electron chi connectivity index (χ2n) is 7.72. The van der Waals surface area contributed by atoms with E-state index in [-0.39, 0.29) is 17.4 Å². The molecule has 3 heterocycles. The molecule has 1 aliphatic heterocycles. The van der Waals surface area contributed by atoms with E-state index in [0.29, 0.717) is 31.2 Å². The van der Waals surface area contributed by atoms with Gasteiger partial charge >= 0.3 is 6.18 Å². The van der Waals surface area contributed by atoms with Crippen molar-refractivity contribution in [2.24, 2.45) is 5.92 Å². The summed E-state index contributed by atoms with van der Waals surface area (Å²) in [5.41, 5.74) is 1.09. The molecular weight excluding hydrogens is 409 g/mol. The summed E-state index contributed by atoms with van der Waals surface area (Å²) in [7, 11) is 0. The van der Waals surface area contributed by atoms with E-state index >= 15 is 0 Å². The number of alkyl halides is 3. The summed E-state index contributed by atoms with van der Waals surface area (Å²) in [5.74, 6) is 0.851. The Morgan fingerprint density at radius 3 is 2.74 bits per heavy atom. The van der Waals surface area contributed by atoms with Crippen LogP contribution in [0.5, 0.6) is 0 Å². The number of likely N-dealkylation sites (tertiary alicyclic amines) is 1. The number of amides is 1. The first-order valence-electron chi connectivity index (χ1n) is 10.0. The van der Waals surface area contributed by atoms with Crippen molar-refractivity contribution in [3.05, 3.63) is 65.3 Å². The van der Waals surface area contributed by atoms with Gasteiger partial charge in [-0.05, 0) is 43.4 Å². The molecule has 0 radical (unpaired) electrons. The molecule has 0 spiro atoms. The Morgan fingerprint density at radius 1 is 1.23 bits per heavy atom. The van der Waals surface area contributed by atoms with E-state index in [1.165, 1.54) is 6.07 Å². The fourth-order valence-electron chi connectivity index (χ4n) is 3.80. The van der Waals surface area contributed by atoms with Gasteiger partial charge < -0.3 is 9.42 Å². The molecule has 1 fully saturated rings. The van der Waals surface area contributed by atoms with Crippen molar-refractivity contribution in [2.75, 3.05) is 13.1 Å². The Hall–Kier alpha value is -3.23. The Balaban J connectivity index is 1.41. The number of benzene rings is 1. The standard InChI is InChI=1S/C22H21F3N4O2/c1-14-5-2-3-7-17(14)20-27-19(31-28-20)11-15-6-4-10-29(13-15)21(30)16-8-9-18(26-12-16)22(23,24)25/h2-3,5,7-9,12,15H,4,6,10-11,13H2,1H3/t15-/m1/s1. The minimum absolute atomic E-state index is 0.130. The SMILES string of the molecule is Cc1ccccc1-c1noc(C[C@H]2CCCN(C(=O)c3ccc(C(F)(F)F)nc3)C2)n1. The molecule has 1 amide bonds. The van der Waals surface area contributed by atoms with Gasteiger partial charge in [-0.25, -0.2) is 0 Å². The number of halogens is 3. The lowest BCUT2D eigenvalue weighted by Gasteiger charge is -2.32. The normalized spacial score (nSPS) is 17.0. The highest BCUT2D eigenvalue weighted by Gasteiger charge is 2.33. The monoisotopic (exact) mass is 430 g/mol. The van der Waals surface area contributed by atoms with Gasteiger partial charge in [0.2, 0.25) is 11.7 Å². The highest BCUT2D eigenvalue weighted by Crippen LogP contribution is 2.28. The first-order valence-corrected chi connectivity index (χ1v) is 10.0. The van der Waals surface area contributed by atoms with E-state index < -0.39 is 11.9 Å². The Kier molecular flexibility index (Phi) is 5.75. The van der Waals surface area contributed by atoms with Gasteiger partial charge in [-0.3, -0.25) is 9.78 Å². The van der Waals surface area contributed by atoms with Crippen LogP contribution in [0.15, 0.2) is 47.1 Å². The molecule has 1 aliphatic rings. The number of carbonyl (C=O) groups excluding carboxylic acids is 1. The molecule has 2 aromatic heterocycles. The van der Waals surface area contributed by atoms with Gasteiger partial charge in [0, 0.05) is 31.3 Å². The molecule has 0 N–H and O–H groups in total. The molecule has 1 saturated heterocycles. The first-order chi connectivity index (χ1) is 14.8. The molecule has 31 heavy (non-hydrogen) atoms. The van der Waals surface area contributed by atoms with Crippen LogP contribution >= 0.6 is 0 Å². The number of pyridine rings is 1. The highest BCUT2D eigenvalue weighted by atomic mass is 19.4. The lowest BCUT2D eigenvalue weighted by Crippen LogP contribution is -2.40. The van der Waals surface area contributed by atoms with Crippen LogP contribution in [0.25, 0.3) is 11.4 Å². The van der Waals surface area contributed by atoms with E-state index in [9.17, 15) is 18.0 Å². The van der Waals surface area contributed by atoms with E-state index in [1.54, 1.807) is 4.90 Å². The van der Waals surface area contributed by atoms with Crippen LogP contribution in [0.1, 0.15) is 40.3 Å². The van der Waals surface area contributed by atoms with Gasteiger partial charge in [-0.15, -0.1) is 0 Å². The molecule has 162 valence electrons. The average Bonchev–Trinajstić information content (AvgIpc) is 3.21. The second kappa shape index (κ2) is 8.49. The van der Waals surface area contributed by atoms with E-state index in [1.807, 2.05) is 31.2 Å². The van der Waals surface area contributed by atoms with Gasteiger partial charge in [-0.1, -0.05) is 29.4 Å². The molecule has 0 unspecified atom stereocenters. The maximum absolute atomic E-state index is 12.7. The zero-order valence-corrected chi connectivity index (χ0v) is 16.9. The quantitative estimate of drug-likeness (QED) is 0.607. The van der Waals surface area contributed by atoms with Crippen LogP contribution in [-0.2, 0) is 12.6 Å². The van der Waals surface area contributed by atoms with Gasteiger partial charge in [-0.2, -0.15) is 18.2 Å². The molecule has 1 aromatic carbocycles. The predicted octanol–water partition coefficient (Wildman–Crippen LogP) is 4.55. The minimum Gasteiger partial charge on any atom is -0.339 e. The van der Waals surface area contributed by atoms with Crippen molar-refractivity contribution >= 4 is 5.91 Å². The van der Waals surface area contributed by atoms with Crippen molar-refractivity contribution in [1.29, 1.82) is 0 Å². The third kappa shape index (κ3) is 4.76. The van der Waals surface area contributed by atoms with E-state index in [2.05, 4.69) is 15.1 Å². The van der Waals surface area contributed by atoms with Crippen molar-refractivity contribution in [2.45, 2.75) is 32.4 Å². The number of piperidine rings is 1. The van der Waals surface area contributed by atoms with E-state index in [4.69, 9.17) is 4.52 Å². The zero-order valence-electron chi connectivity index (χ0n) is 16.9. The summed E-state index contributed by atoms with van der Waals surface area (Å²) in [6.45, 7) is 3.00. The van der Waals surface area contributed by atoms with Gasteiger partial charge in [0.25, 0.3) is 5.91 Å². The maximum Gasteiger partial charge on any atom is 0.433 e. The third-order valence-corrected chi connectivity index (χ3v) is 5.42. The number of nitrogens with zero attached hydrogens (tertiary/aromatic N) is 4. The van der Waals surface area contributed by atoms with Crippen molar-refractivity contribution in [3.63, 3.8) is 0 Å². The van der Waals surface area contributed by atoms with Gasteiger partial charge in [0.1, 0.15) is 5.69 Å². The molecule has 1 atom stereocenters. The highest BCUT2D eigenvalue weighted by molar-refractivity contribution is 5.94. The number of rotatable bonds is 4. The Morgan fingerprint density at radius 2 is 2.03 bits per heavy atom. The summed E-state index contributed by atoms with van der Waals surface area (Å²) < 4.78 is 43.5. The molecule has 0 aliphatic carbocycles. The molecule has 3 aromatic rings. The second-order valence-corrected chi connectivity index (χ2v) is 7.72. The van der Waals surface area contributed by atoms with Crippen LogP contribution in [0.3, 0.4) is 0 Å². The number of hydrogen-bond donors (Lipinski definition) is 0. The molecule has 0 bridgehead atoms. The fourth-order valence-corrected chi connectivity index (χ4v) is 3.80. The smallest absolute Gasteiger partial charge is 0.339 e. The number of aromatic nitrogens is 3. The van der Waals surface area contributed by atoms with Crippen LogP contribution in [-0.4, -0.2) is 39.0 Å².